The molecule has 0 aliphatic heterocycles. The van der Waals surface area contributed by atoms with E-state index in [4.69, 9.17) is 34.4 Å². The normalized spacial score (nSPS) is 10.5. The van der Waals surface area contributed by atoms with Gasteiger partial charge in [0.2, 0.25) is 0 Å². The number of hydrazine groups is 1. The summed E-state index contributed by atoms with van der Waals surface area (Å²) in [4.78, 5) is 13.9. The molecule has 0 atom stereocenters. The lowest BCUT2D eigenvalue weighted by Gasteiger charge is -2.20. The van der Waals surface area contributed by atoms with Crippen molar-refractivity contribution in [3.05, 3.63) is 81.2 Å². The van der Waals surface area contributed by atoms with Crippen LogP contribution in [0.25, 0.3) is 0 Å². The molecular weight excluding hydrogens is 426 g/mol. The number of carbonyl (C=O) groups excluding carboxylic acids is 1. The number of aryl methyl sites for hydroxylation is 1. The van der Waals surface area contributed by atoms with E-state index < -0.39 is 0 Å². The van der Waals surface area contributed by atoms with E-state index >= 15 is 0 Å². The average molecular weight is 446 g/mol. The predicted molar refractivity (Wildman–Crippen MR) is 123 cm³/mol. The highest BCUT2D eigenvalue weighted by molar-refractivity contribution is 7.80. The van der Waals surface area contributed by atoms with Crippen molar-refractivity contribution in [2.75, 3.05) is 12.4 Å². The second-order valence-electron chi connectivity index (χ2n) is 6.34. The predicted octanol–water partition coefficient (Wildman–Crippen LogP) is 5.02. The van der Waals surface area contributed by atoms with Gasteiger partial charge in [-0.25, -0.2) is 5.84 Å². The van der Waals surface area contributed by atoms with E-state index in [-0.39, 0.29) is 5.78 Å². The summed E-state index contributed by atoms with van der Waals surface area (Å²) in [6, 6.07) is 16.2. The molecule has 0 radical (unpaired) electrons. The Balaban J connectivity index is 1.73. The standard InChI is InChI=1S/C21H20ClN3O2S2/c1-13-11-18(19(26)15-5-7-16(22)8-6-15)20(29-13)24-21(28)25(23)12-14-3-9-17(27-2)10-4-14/h3-11H,12,23H2,1-2H3,(H,24,28). The van der Waals surface area contributed by atoms with Crippen molar-refractivity contribution in [3.8, 4) is 5.75 Å². The van der Waals surface area contributed by atoms with Crippen LogP contribution >= 0.6 is 35.2 Å². The van der Waals surface area contributed by atoms with Crippen LogP contribution < -0.4 is 15.9 Å². The number of hydrogen-bond donors (Lipinski definition) is 2. The third-order valence-corrected chi connectivity index (χ3v) is 5.75. The molecule has 0 aliphatic rings. The number of nitrogens with one attached hydrogen (secondary N) is 1. The van der Waals surface area contributed by atoms with Crippen molar-refractivity contribution >= 4 is 51.1 Å². The van der Waals surface area contributed by atoms with Gasteiger partial charge in [0.15, 0.2) is 10.9 Å². The summed E-state index contributed by atoms with van der Waals surface area (Å²) in [5.41, 5.74) is 2.09. The molecule has 3 aromatic rings. The number of rotatable bonds is 6. The molecule has 0 unspecified atom stereocenters. The van der Waals surface area contributed by atoms with Gasteiger partial charge in [-0.15, -0.1) is 11.3 Å². The molecule has 0 bridgehead atoms. The molecule has 0 saturated carbocycles. The number of methoxy groups -OCH3 is 1. The number of nitrogens with zero attached hydrogens (tertiary/aromatic N) is 1. The number of thiophene rings is 1. The number of hydrogen-bond acceptors (Lipinski definition) is 5. The highest BCUT2D eigenvalue weighted by atomic mass is 35.5. The summed E-state index contributed by atoms with van der Waals surface area (Å²) < 4.78 is 5.16. The van der Waals surface area contributed by atoms with E-state index in [1.54, 1.807) is 31.4 Å². The van der Waals surface area contributed by atoms with Crippen LogP contribution in [-0.2, 0) is 6.54 Å². The second kappa shape index (κ2) is 9.37. The number of thiocarbonyl (C=S) groups is 1. The first-order valence-corrected chi connectivity index (χ1v) is 10.3. The fourth-order valence-corrected chi connectivity index (χ4v) is 3.97. The van der Waals surface area contributed by atoms with Crippen LogP contribution in [0.3, 0.4) is 0 Å². The summed E-state index contributed by atoms with van der Waals surface area (Å²) in [5, 5.41) is 6.12. The average Bonchev–Trinajstić information content (AvgIpc) is 3.08. The van der Waals surface area contributed by atoms with Crippen LogP contribution in [0.15, 0.2) is 54.6 Å². The van der Waals surface area contributed by atoms with Gasteiger partial charge < -0.3 is 10.1 Å². The van der Waals surface area contributed by atoms with Crippen molar-refractivity contribution in [3.63, 3.8) is 0 Å². The lowest BCUT2D eigenvalue weighted by molar-refractivity contribution is 0.104. The van der Waals surface area contributed by atoms with Gasteiger partial charge in [-0.3, -0.25) is 9.80 Å². The van der Waals surface area contributed by atoms with Crippen LogP contribution in [0.1, 0.15) is 26.4 Å². The van der Waals surface area contributed by atoms with E-state index in [1.807, 2.05) is 37.3 Å². The van der Waals surface area contributed by atoms with Gasteiger partial charge in [0.05, 0.1) is 19.2 Å². The van der Waals surface area contributed by atoms with E-state index in [1.165, 1.54) is 16.3 Å². The monoisotopic (exact) mass is 445 g/mol. The van der Waals surface area contributed by atoms with Crippen LogP contribution in [0, 0.1) is 6.92 Å². The van der Waals surface area contributed by atoms with Crippen molar-refractivity contribution in [1.29, 1.82) is 0 Å². The maximum atomic E-state index is 12.9. The van der Waals surface area contributed by atoms with Crippen molar-refractivity contribution in [1.82, 2.24) is 5.01 Å². The molecule has 150 valence electrons. The SMILES string of the molecule is COc1ccc(CN(N)C(=S)Nc2sc(C)cc2C(=O)c2ccc(Cl)cc2)cc1. The summed E-state index contributed by atoms with van der Waals surface area (Å²) >= 11 is 12.8. The zero-order valence-electron chi connectivity index (χ0n) is 15.9. The van der Waals surface area contributed by atoms with Crippen molar-refractivity contribution in [2.24, 2.45) is 5.84 Å². The van der Waals surface area contributed by atoms with Crippen molar-refractivity contribution < 1.29 is 9.53 Å². The summed E-state index contributed by atoms with van der Waals surface area (Å²) in [6.45, 7) is 2.36. The molecule has 2 aromatic carbocycles. The van der Waals surface area contributed by atoms with Gasteiger partial charge in [-0.2, -0.15) is 0 Å². The van der Waals surface area contributed by atoms with E-state index in [9.17, 15) is 4.79 Å². The van der Waals surface area contributed by atoms with Crippen LogP contribution in [-0.4, -0.2) is 23.0 Å². The highest BCUT2D eigenvalue weighted by Crippen LogP contribution is 2.30. The van der Waals surface area contributed by atoms with E-state index in [0.717, 1.165) is 16.2 Å². The number of anilines is 1. The Morgan fingerprint density at radius 3 is 2.48 bits per heavy atom. The topological polar surface area (TPSA) is 67.6 Å². The minimum Gasteiger partial charge on any atom is -0.497 e. The number of nitrogens with two attached hydrogens (primary N) is 1. The van der Waals surface area contributed by atoms with Crippen LogP contribution in [0.4, 0.5) is 5.00 Å². The minimum absolute atomic E-state index is 0.102. The first-order valence-electron chi connectivity index (χ1n) is 8.74. The number of benzene rings is 2. The fourth-order valence-electron chi connectivity index (χ4n) is 2.70. The zero-order chi connectivity index (χ0) is 21.0. The maximum absolute atomic E-state index is 12.9. The number of halogens is 1. The molecule has 0 saturated heterocycles. The molecule has 0 fully saturated rings. The largest absolute Gasteiger partial charge is 0.497 e. The lowest BCUT2D eigenvalue weighted by Crippen LogP contribution is -2.39. The molecular formula is C21H20ClN3O2S2. The molecule has 1 heterocycles. The number of ether oxygens (including phenoxy) is 1. The van der Waals surface area contributed by atoms with E-state index in [2.05, 4.69) is 5.32 Å². The van der Waals surface area contributed by atoms with E-state index in [0.29, 0.717) is 32.8 Å². The molecule has 3 rings (SSSR count). The van der Waals surface area contributed by atoms with Gasteiger partial charge in [-0.1, -0.05) is 23.7 Å². The van der Waals surface area contributed by atoms with Crippen molar-refractivity contribution in [2.45, 2.75) is 13.5 Å². The molecule has 1 aromatic heterocycles. The molecule has 0 amide bonds. The van der Waals surface area contributed by atoms with Gasteiger partial charge in [0.25, 0.3) is 0 Å². The number of ketones is 1. The summed E-state index contributed by atoms with van der Waals surface area (Å²) in [7, 11) is 1.62. The fraction of sp³-hybridized carbons (Fsp3) is 0.143. The Hall–Kier alpha value is -2.45. The summed E-state index contributed by atoms with van der Waals surface area (Å²) in [5.74, 6) is 6.81. The van der Waals surface area contributed by atoms with Gasteiger partial charge in [0.1, 0.15) is 10.8 Å². The van der Waals surface area contributed by atoms with Gasteiger partial charge in [-0.05, 0) is 67.2 Å². The minimum atomic E-state index is -0.102. The Bertz CT molecular complexity index is 1020. The summed E-state index contributed by atoms with van der Waals surface area (Å²) in [6.07, 6.45) is 0. The smallest absolute Gasteiger partial charge is 0.196 e. The first-order chi connectivity index (χ1) is 13.9. The Kier molecular flexibility index (Phi) is 6.87. The van der Waals surface area contributed by atoms with Gasteiger partial charge >= 0.3 is 0 Å². The highest BCUT2D eigenvalue weighted by Gasteiger charge is 2.19. The Morgan fingerprint density at radius 2 is 1.86 bits per heavy atom. The van der Waals surface area contributed by atoms with Gasteiger partial charge in [0, 0.05) is 15.5 Å². The third kappa shape index (κ3) is 5.33. The molecule has 29 heavy (non-hydrogen) atoms. The number of carbonyl (C=O) groups is 1. The Labute approximate surface area is 184 Å². The maximum Gasteiger partial charge on any atom is 0.196 e. The lowest BCUT2D eigenvalue weighted by atomic mass is 10.1. The Morgan fingerprint density at radius 1 is 1.21 bits per heavy atom. The quantitative estimate of drug-likeness (QED) is 0.240. The first kappa shape index (κ1) is 21.3. The molecule has 8 heteroatoms. The molecule has 3 N–H and O–H groups in total. The van der Waals surface area contributed by atoms with Crippen LogP contribution in [0.2, 0.25) is 5.02 Å². The third-order valence-electron chi connectivity index (χ3n) is 4.20. The zero-order valence-corrected chi connectivity index (χ0v) is 18.3. The molecule has 0 aliphatic carbocycles. The molecule has 5 nitrogen and oxygen atoms in total. The van der Waals surface area contributed by atoms with Crippen LogP contribution in [0.5, 0.6) is 5.75 Å². The second-order valence-corrected chi connectivity index (χ2v) is 8.42. The molecule has 0 spiro atoms.